The van der Waals surface area contributed by atoms with E-state index in [4.69, 9.17) is 4.74 Å². The summed E-state index contributed by atoms with van der Waals surface area (Å²) >= 11 is 0. The van der Waals surface area contributed by atoms with Crippen LogP contribution in [0.15, 0.2) is 35.5 Å². The number of hydrogen-bond acceptors (Lipinski definition) is 4. The van der Waals surface area contributed by atoms with E-state index in [0.29, 0.717) is 28.6 Å². The van der Waals surface area contributed by atoms with Crippen molar-refractivity contribution in [2.75, 3.05) is 0 Å². The summed E-state index contributed by atoms with van der Waals surface area (Å²) in [7, 11) is 0. The van der Waals surface area contributed by atoms with Gasteiger partial charge in [-0.2, -0.15) is 0 Å². The normalized spacial score (nSPS) is 52.7. The van der Waals surface area contributed by atoms with E-state index >= 15 is 0 Å². The molecule has 0 aromatic rings. The van der Waals surface area contributed by atoms with Crippen molar-refractivity contribution in [1.29, 1.82) is 0 Å². The minimum atomic E-state index is -1.09. The Morgan fingerprint density at radius 2 is 1.66 bits per heavy atom. The van der Waals surface area contributed by atoms with Gasteiger partial charge in [0, 0.05) is 16.6 Å². The standard InChI is InChI=1S/C30H37NO4/c1-17-14-30(35-24(17)34)15-18(23(33)31-30)19-8-10-27(5)21-7-6-20-25(2,3)22(32)9-11-28(20)16-29(21,28)13-12-26(19,27)4/h9,11,14-15,19-21H,6-8,10,12-13,16H2,1-5H3,(H,31,33). The summed E-state index contributed by atoms with van der Waals surface area (Å²) in [6.07, 6.45) is 15.8. The van der Waals surface area contributed by atoms with Crippen LogP contribution in [0.1, 0.15) is 79.6 Å². The number of fused-ring (bicyclic) bond motifs is 2. The van der Waals surface area contributed by atoms with Crippen LogP contribution < -0.4 is 5.32 Å². The zero-order valence-corrected chi connectivity index (χ0v) is 21.6. The van der Waals surface area contributed by atoms with Gasteiger partial charge in [-0.1, -0.05) is 33.8 Å². The fraction of sp³-hybridized carbons (Fsp3) is 0.700. The number of rotatable bonds is 1. The number of amides is 1. The van der Waals surface area contributed by atoms with Crippen molar-refractivity contribution in [3.63, 3.8) is 0 Å². The number of allylic oxidation sites excluding steroid dienone is 2. The summed E-state index contributed by atoms with van der Waals surface area (Å²) in [6.45, 7) is 11.0. The molecule has 0 radical (unpaired) electrons. The number of carbonyl (C=O) groups is 3. The third-order valence-corrected chi connectivity index (χ3v) is 12.7. The predicted octanol–water partition coefficient (Wildman–Crippen LogP) is 5.03. The largest absolute Gasteiger partial charge is 0.428 e. The third kappa shape index (κ3) is 2.26. The molecule has 35 heavy (non-hydrogen) atoms. The molecule has 5 heteroatoms. The number of hydrogen-bond donors (Lipinski definition) is 1. The summed E-state index contributed by atoms with van der Waals surface area (Å²) in [5, 5.41) is 2.97. The third-order valence-electron chi connectivity index (χ3n) is 12.7. The first-order valence-corrected chi connectivity index (χ1v) is 13.6. The minimum absolute atomic E-state index is 0.0271. The molecule has 4 fully saturated rings. The highest BCUT2D eigenvalue weighted by molar-refractivity contribution is 6.01. The van der Waals surface area contributed by atoms with Crippen LogP contribution in [0.25, 0.3) is 0 Å². The maximum absolute atomic E-state index is 13.3. The summed E-state index contributed by atoms with van der Waals surface area (Å²) in [5.74, 6) is 1.10. The van der Waals surface area contributed by atoms with Crippen LogP contribution in [0.3, 0.4) is 0 Å². The Hall–Kier alpha value is -2.17. The maximum atomic E-state index is 13.3. The lowest BCUT2D eigenvalue weighted by Gasteiger charge is -2.61. The highest BCUT2D eigenvalue weighted by atomic mass is 16.6. The molecule has 3 spiro atoms. The Balaban J connectivity index is 1.25. The van der Waals surface area contributed by atoms with E-state index in [0.717, 1.165) is 31.3 Å². The number of ketones is 1. The molecule has 0 saturated heterocycles. The molecule has 0 aromatic carbocycles. The van der Waals surface area contributed by atoms with E-state index in [1.807, 2.05) is 12.2 Å². The van der Waals surface area contributed by atoms with Gasteiger partial charge < -0.3 is 10.1 Å². The Kier molecular flexibility index (Phi) is 3.80. The highest BCUT2D eigenvalue weighted by Crippen LogP contribution is 2.88. The van der Waals surface area contributed by atoms with Crippen LogP contribution >= 0.6 is 0 Å². The van der Waals surface area contributed by atoms with Crippen molar-refractivity contribution >= 4 is 17.7 Å². The highest BCUT2D eigenvalue weighted by Gasteiger charge is 2.81. The topological polar surface area (TPSA) is 72.5 Å². The molecule has 1 N–H and O–H groups in total. The fourth-order valence-corrected chi connectivity index (χ4v) is 10.7. The first-order valence-electron chi connectivity index (χ1n) is 13.6. The second kappa shape index (κ2) is 6.03. The SMILES string of the molecule is CC1=CC2(C=C(C3CCC4(C)C5CCC6C(C)(C)C(=O)C=CC67CC57CCC34C)C(=O)N2)OC1=O. The van der Waals surface area contributed by atoms with Crippen LogP contribution in [0.2, 0.25) is 0 Å². The van der Waals surface area contributed by atoms with Gasteiger partial charge in [0.05, 0.1) is 0 Å². The number of nitrogens with one attached hydrogen (secondary N) is 1. The smallest absolute Gasteiger partial charge is 0.336 e. The van der Waals surface area contributed by atoms with Crippen LogP contribution in [0, 0.1) is 44.8 Å². The lowest BCUT2D eigenvalue weighted by Crippen LogP contribution is -2.56. The van der Waals surface area contributed by atoms with Gasteiger partial charge in [-0.25, -0.2) is 4.79 Å². The van der Waals surface area contributed by atoms with Gasteiger partial charge in [0.25, 0.3) is 5.91 Å². The lowest BCUT2D eigenvalue weighted by molar-refractivity contribution is -0.145. The van der Waals surface area contributed by atoms with E-state index in [1.54, 1.807) is 13.0 Å². The van der Waals surface area contributed by atoms with E-state index < -0.39 is 5.72 Å². The monoisotopic (exact) mass is 475 g/mol. The van der Waals surface area contributed by atoms with Crippen LogP contribution in [0.4, 0.5) is 0 Å². The van der Waals surface area contributed by atoms with E-state index in [9.17, 15) is 14.4 Å². The molecular formula is C30H37NO4. The van der Waals surface area contributed by atoms with E-state index in [-0.39, 0.29) is 39.5 Å². The quantitative estimate of drug-likeness (QED) is 0.540. The van der Waals surface area contributed by atoms with Gasteiger partial charge in [0.1, 0.15) is 0 Å². The Morgan fingerprint density at radius 1 is 0.914 bits per heavy atom. The Bertz CT molecular complexity index is 1210. The zero-order chi connectivity index (χ0) is 24.8. The molecule has 7 rings (SSSR count). The Labute approximate surface area is 207 Å². The fourth-order valence-electron chi connectivity index (χ4n) is 10.7. The molecule has 0 bridgehead atoms. The van der Waals surface area contributed by atoms with E-state index in [1.165, 1.54) is 19.3 Å². The van der Waals surface area contributed by atoms with Crippen molar-refractivity contribution in [3.8, 4) is 0 Å². The van der Waals surface area contributed by atoms with Gasteiger partial charge in [0.2, 0.25) is 5.72 Å². The molecule has 2 aliphatic heterocycles. The first kappa shape index (κ1) is 22.1. The molecule has 4 saturated carbocycles. The molecule has 8 atom stereocenters. The van der Waals surface area contributed by atoms with Gasteiger partial charge >= 0.3 is 5.97 Å². The zero-order valence-electron chi connectivity index (χ0n) is 21.6. The molecular weight excluding hydrogens is 438 g/mol. The second-order valence-corrected chi connectivity index (χ2v) is 14.0. The molecule has 8 unspecified atom stereocenters. The number of carbonyl (C=O) groups excluding carboxylic acids is 3. The predicted molar refractivity (Wildman–Crippen MR) is 131 cm³/mol. The molecule has 5 aliphatic carbocycles. The van der Waals surface area contributed by atoms with Gasteiger partial charge in [-0.05, 0) is 110 Å². The van der Waals surface area contributed by atoms with Gasteiger partial charge in [-0.15, -0.1) is 0 Å². The summed E-state index contributed by atoms with van der Waals surface area (Å²) in [4.78, 5) is 38.1. The second-order valence-electron chi connectivity index (χ2n) is 14.0. The van der Waals surface area contributed by atoms with E-state index in [2.05, 4.69) is 39.1 Å². The van der Waals surface area contributed by atoms with Crippen molar-refractivity contribution in [2.24, 2.45) is 44.8 Å². The van der Waals surface area contributed by atoms with Crippen molar-refractivity contribution in [1.82, 2.24) is 5.32 Å². The average Bonchev–Trinajstić information content (AvgIpc) is 3.08. The van der Waals surface area contributed by atoms with Crippen molar-refractivity contribution < 1.29 is 19.1 Å². The number of esters is 1. The summed E-state index contributed by atoms with van der Waals surface area (Å²) < 4.78 is 5.60. The summed E-state index contributed by atoms with van der Waals surface area (Å²) in [6, 6.07) is 0. The molecule has 0 aromatic heterocycles. The molecule has 186 valence electrons. The van der Waals surface area contributed by atoms with Crippen LogP contribution in [-0.2, 0) is 19.1 Å². The van der Waals surface area contributed by atoms with Gasteiger partial charge in [0.15, 0.2) is 5.78 Å². The minimum Gasteiger partial charge on any atom is -0.428 e. The molecule has 2 heterocycles. The average molecular weight is 476 g/mol. The van der Waals surface area contributed by atoms with Crippen molar-refractivity contribution in [3.05, 3.63) is 35.5 Å². The molecule has 1 amide bonds. The first-order chi connectivity index (χ1) is 16.3. The molecule has 7 aliphatic rings. The van der Waals surface area contributed by atoms with Crippen LogP contribution in [-0.4, -0.2) is 23.4 Å². The Morgan fingerprint density at radius 3 is 2.37 bits per heavy atom. The maximum Gasteiger partial charge on any atom is 0.336 e. The lowest BCUT2D eigenvalue weighted by atomic mass is 9.42. The summed E-state index contributed by atoms with van der Waals surface area (Å²) in [5.41, 5.74) is 0.665. The molecule has 5 nitrogen and oxygen atoms in total. The van der Waals surface area contributed by atoms with Crippen molar-refractivity contribution in [2.45, 2.75) is 85.3 Å². The number of ether oxygens (including phenoxy) is 1. The van der Waals surface area contributed by atoms with Crippen LogP contribution in [0.5, 0.6) is 0 Å². The van der Waals surface area contributed by atoms with Gasteiger partial charge in [-0.3, -0.25) is 9.59 Å².